The van der Waals surface area contributed by atoms with Crippen molar-refractivity contribution in [2.75, 3.05) is 32.9 Å². The molecule has 0 aliphatic carbocycles. The number of thiocarbonyl (C=S) groups is 1. The van der Waals surface area contributed by atoms with Crippen molar-refractivity contribution in [2.24, 2.45) is 0 Å². The van der Waals surface area contributed by atoms with Crippen molar-refractivity contribution in [1.29, 1.82) is 0 Å². The highest BCUT2D eigenvalue weighted by atomic mass is 32.1. The van der Waals surface area contributed by atoms with Gasteiger partial charge in [0.05, 0.1) is 19.8 Å². The SMILES string of the molecule is CCCCOC(=S)N1CCOCC1. The summed E-state index contributed by atoms with van der Waals surface area (Å²) in [5.41, 5.74) is 0. The Balaban J connectivity index is 2.13. The zero-order valence-corrected chi connectivity index (χ0v) is 8.94. The standard InChI is InChI=1S/C9H17NO2S/c1-2-3-6-12-9(13)10-4-7-11-8-5-10/h2-8H2,1H3. The van der Waals surface area contributed by atoms with Crippen LogP contribution >= 0.6 is 12.2 Å². The molecule has 0 spiro atoms. The van der Waals surface area contributed by atoms with E-state index in [4.69, 9.17) is 21.7 Å². The van der Waals surface area contributed by atoms with E-state index in [9.17, 15) is 0 Å². The van der Waals surface area contributed by atoms with Gasteiger partial charge in [0.25, 0.3) is 5.17 Å². The molecule has 0 unspecified atom stereocenters. The zero-order chi connectivity index (χ0) is 9.52. The summed E-state index contributed by atoms with van der Waals surface area (Å²) < 4.78 is 10.6. The third kappa shape index (κ3) is 3.91. The predicted octanol–water partition coefficient (Wildman–Crippen LogP) is 1.42. The maximum absolute atomic E-state index is 5.42. The van der Waals surface area contributed by atoms with E-state index in [0.717, 1.165) is 45.8 Å². The van der Waals surface area contributed by atoms with Crippen molar-refractivity contribution >= 4 is 17.4 Å². The van der Waals surface area contributed by atoms with Gasteiger partial charge in [0.1, 0.15) is 0 Å². The van der Waals surface area contributed by atoms with Crippen LogP contribution < -0.4 is 0 Å². The van der Waals surface area contributed by atoms with Crippen LogP contribution in [-0.2, 0) is 9.47 Å². The van der Waals surface area contributed by atoms with Crippen LogP contribution in [0.15, 0.2) is 0 Å². The highest BCUT2D eigenvalue weighted by molar-refractivity contribution is 7.80. The van der Waals surface area contributed by atoms with Crippen molar-refractivity contribution < 1.29 is 9.47 Å². The van der Waals surface area contributed by atoms with Crippen molar-refractivity contribution in [3.63, 3.8) is 0 Å². The first-order valence-corrected chi connectivity index (χ1v) is 5.25. The average molecular weight is 203 g/mol. The third-order valence-corrected chi connectivity index (χ3v) is 2.37. The van der Waals surface area contributed by atoms with Crippen LogP contribution in [0.1, 0.15) is 19.8 Å². The fraction of sp³-hybridized carbons (Fsp3) is 0.889. The third-order valence-electron chi connectivity index (χ3n) is 1.99. The molecule has 0 aromatic rings. The van der Waals surface area contributed by atoms with Crippen LogP contribution in [0.2, 0.25) is 0 Å². The Labute approximate surface area is 85.0 Å². The molecule has 1 saturated heterocycles. The lowest BCUT2D eigenvalue weighted by Gasteiger charge is -2.28. The molecule has 1 rings (SSSR count). The molecule has 3 nitrogen and oxygen atoms in total. The number of hydrogen-bond donors (Lipinski definition) is 0. The number of rotatable bonds is 3. The van der Waals surface area contributed by atoms with Crippen molar-refractivity contribution in [1.82, 2.24) is 4.90 Å². The smallest absolute Gasteiger partial charge is 0.259 e. The lowest BCUT2D eigenvalue weighted by Crippen LogP contribution is -2.40. The van der Waals surface area contributed by atoms with Crippen LogP contribution in [0.3, 0.4) is 0 Å². The number of hydrogen-bond acceptors (Lipinski definition) is 3. The molecule has 0 atom stereocenters. The summed E-state index contributed by atoms with van der Waals surface area (Å²) in [4.78, 5) is 2.06. The molecule has 0 aromatic carbocycles. The molecule has 13 heavy (non-hydrogen) atoms. The molecule has 1 heterocycles. The van der Waals surface area contributed by atoms with Crippen LogP contribution in [0.5, 0.6) is 0 Å². The molecule has 0 saturated carbocycles. The van der Waals surface area contributed by atoms with E-state index >= 15 is 0 Å². The Bertz CT molecular complexity index is 158. The maximum atomic E-state index is 5.42. The minimum Gasteiger partial charge on any atom is -0.471 e. The van der Waals surface area contributed by atoms with E-state index in [2.05, 4.69) is 11.8 Å². The predicted molar refractivity (Wildman–Crippen MR) is 55.9 cm³/mol. The number of morpholine rings is 1. The number of unbranched alkanes of at least 4 members (excludes halogenated alkanes) is 1. The second-order valence-corrected chi connectivity index (χ2v) is 3.42. The number of ether oxygens (including phenoxy) is 2. The first-order valence-electron chi connectivity index (χ1n) is 4.84. The van der Waals surface area contributed by atoms with Gasteiger partial charge in [-0.3, -0.25) is 0 Å². The number of nitrogens with zero attached hydrogens (tertiary/aromatic N) is 1. The lowest BCUT2D eigenvalue weighted by molar-refractivity contribution is 0.0573. The largest absolute Gasteiger partial charge is 0.471 e. The van der Waals surface area contributed by atoms with Crippen LogP contribution in [-0.4, -0.2) is 43.0 Å². The van der Waals surface area contributed by atoms with Gasteiger partial charge in [0.2, 0.25) is 0 Å². The lowest BCUT2D eigenvalue weighted by atomic mass is 10.4. The summed E-state index contributed by atoms with van der Waals surface area (Å²) in [6, 6.07) is 0. The second-order valence-electron chi connectivity index (χ2n) is 3.07. The summed E-state index contributed by atoms with van der Waals surface area (Å²) in [5.74, 6) is 0. The summed E-state index contributed by atoms with van der Waals surface area (Å²) in [6.45, 7) is 6.14. The molecule has 0 radical (unpaired) electrons. The van der Waals surface area contributed by atoms with Crippen molar-refractivity contribution in [2.45, 2.75) is 19.8 Å². The normalized spacial score (nSPS) is 17.2. The van der Waals surface area contributed by atoms with E-state index in [1.54, 1.807) is 0 Å². The Morgan fingerprint density at radius 2 is 2.15 bits per heavy atom. The Morgan fingerprint density at radius 1 is 1.46 bits per heavy atom. The molecule has 4 heteroatoms. The summed E-state index contributed by atoms with van der Waals surface area (Å²) in [7, 11) is 0. The highest BCUT2D eigenvalue weighted by Gasteiger charge is 2.13. The molecular weight excluding hydrogens is 186 g/mol. The molecule has 1 fully saturated rings. The summed E-state index contributed by atoms with van der Waals surface area (Å²) in [5, 5.41) is 0.636. The van der Waals surface area contributed by atoms with Crippen LogP contribution in [0.4, 0.5) is 0 Å². The average Bonchev–Trinajstić information content (AvgIpc) is 2.19. The zero-order valence-electron chi connectivity index (χ0n) is 8.12. The highest BCUT2D eigenvalue weighted by Crippen LogP contribution is 2.01. The van der Waals surface area contributed by atoms with E-state index in [0.29, 0.717) is 5.17 Å². The fourth-order valence-corrected chi connectivity index (χ4v) is 1.41. The van der Waals surface area contributed by atoms with Gasteiger partial charge in [-0.1, -0.05) is 13.3 Å². The molecular formula is C9H17NO2S. The molecule has 1 aliphatic heterocycles. The Morgan fingerprint density at radius 3 is 2.77 bits per heavy atom. The minimum absolute atomic E-state index is 0.636. The first kappa shape index (κ1) is 10.7. The van der Waals surface area contributed by atoms with Gasteiger partial charge in [0, 0.05) is 13.1 Å². The van der Waals surface area contributed by atoms with Crippen LogP contribution in [0, 0.1) is 0 Å². The summed E-state index contributed by atoms with van der Waals surface area (Å²) in [6.07, 6.45) is 2.22. The quantitative estimate of drug-likeness (QED) is 0.511. The molecule has 1 aliphatic rings. The van der Waals surface area contributed by atoms with Crippen LogP contribution in [0.25, 0.3) is 0 Å². The van der Waals surface area contributed by atoms with Gasteiger partial charge in [-0.25, -0.2) is 0 Å². The fourth-order valence-electron chi connectivity index (χ4n) is 1.14. The van der Waals surface area contributed by atoms with Gasteiger partial charge in [-0.2, -0.15) is 0 Å². The van der Waals surface area contributed by atoms with Crippen molar-refractivity contribution in [3.05, 3.63) is 0 Å². The van der Waals surface area contributed by atoms with Gasteiger partial charge < -0.3 is 14.4 Å². The topological polar surface area (TPSA) is 21.7 Å². The van der Waals surface area contributed by atoms with Crippen molar-refractivity contribution in [3.8, 4) is 0 Å². The summed E-state index contributed by atoms with van der Waals surface area (Å²) >= 11 is 5.14. The maximum Gasteiger partial charge on any atom is 0.259 e. The van der Waals surface area contributed by atoms with Gasteiger partial charge >= 0.3 is 0 Å². The van der Waals surface area contributed by atoms with Gasteiger partial charge in [-0.05, 0) is 18.6 Å². The molecule has 0 N–H and O–H groups in total. The van der Waals surface area contributed by atoms with E-state index in [1.807, 2.05) is 0 Å². The second kappa shape index (κ2) is 6.16. The van der Waals surface area contributed by atoms with Gasteiger partial charge in [0.15, 0.2) is 0 Å². The first-order chi connectivity index (χ1) is 6.34. The molecule has 0 aromatic heterocycles. The monoisotopic (exact) mass is 203 g/mol. The van der Waals surface area contributed by atoms with E-state index < -0.39 is 0 Å². The van der Waals surface area contributed by atoms with Gasteiger partial charge in [-0.15, -0.1) is 0 Å². The minimum atomic E-state index is 0.636. The molecule has 0 amide bonds. The van der Waals surface area contributed by atoms with E-state index in [1.165, 1.54) is 0 Å². The Hall–Kier alpha value is -0.350. The van der Waals surface area contributed by atoms with E-state index in [-0.39, 0.29) is 0 Å². The molecule has 0 bridgehead atoms. The Kier molecular flexibility index (Phi) is 5.08. The molecule has 76 valence electrons.